The fourth-order valence-electron chi connectivity index (χ4n) is 2.05. The molecule has 0 amide bonds. The Kier molecular flexibility index (Phi) is 5.04. The number of hydrogen-bond acceptors (Lipinski definition) is 4. The van der Waals surface area contributed by atoms with Gasteiger partial charge in [0, 0.05) is 10.9 Å². The molecule has 0 saturated carbocycles. The second-order valence-corrected chi connectivity index (χ2v) is 6.31. The number of rotatable bonds is 6. The van der Waals surface area contributed by atoms with E-state index in [0.717, 1.165) is 22.7 Å². The average molecular weight is 288 g/mol. The monoisotopic (exact) mass is 288 g/mol. The lowest BCUT2D eigenvalue weighted by molar-refractivity contribution is -0.120. The van der Waals surface area contributed by atoms with E-state index in [-0.39, 0.29) is 11.8 Å². The minimum Gasteiger partial charge on any atom is -0.321 e. The topological polar surface area (TPSA) is 56.0 Å². The highest BCUT2D eigenvalue weighted by Crippen LogP contribution is 2.22. The number of aromatic nitrogens is 1. The third-order valence-electron chi connectivity index (χ3n) is 3.09. The molecule has 0 fully saturated rings. The van der Waals surface area contributed by atoms with Crippen molar-refractivity contribution in [1.82, 2.24) is 4.98 Å². The van der Waals surface area contributed by atoms with Gasteiger partial charge in [0.15, 0.2) is 5.78 Å². The molecule has 3 nitrogen and oxygen atoms in total. The first-order valence-electron chi connectivity index (χ1n) is 6.84. The first kappa shape index (κ1) is 14.9. The number of ketones is 1. The summed E-state index contributed by atoms with van der Waals surface area (Å²) in [5, 5.41) is 2.83. The fraction of sp³-hybridized carbons (Fsp3) is 0.375. The summed E-state index contributed by atoms with van der Waals surface area (Å²) < 4.78 is 0. The molecule has 20 heavy (non-hydrogen) atoms. The van der Waals surface area contributed by atoms with Crippen molar-refractivity contribution in [2.45, 2.75) is 32.7 Å². The standard InChI is InChI=1S/C16H20N2OS/c1-11(2)8-13(17)15(19)9-16-18-14(10-20-16)12-6-4-3-5-7-12/h3-7,10-11,13H,8-9,17H2,1-2H3/t13-/m0/s1. The predicted octanol–water partition coefficient (Wildman–Crippen LogP) is 3.30. The molecule has 0 aliphatic rings. The van der Waals surface area contributed by atoms with E-state index in [1.165, 1.54) is 11.3 Å². The SMILES string of the molecule is CC(C)C[C@H](N)C(=O)Cc1nc(-c2ccccc2)cs1. The van der Waals surface area contributed by atoms with Gasteiger partial charge in [0.25, 0.3) is 0 Å². The third-order valence-corrected chi connectivity index (χ3v) is 3.93. The average Bonchev–Trinajstić information content (AvgIpc) is 2.87. The molecule has 0 radical (unpaired) electrons. The number of nitrogens with two attached hydrogens (primary N) is 1. The van der Waals surface area contributed by atoms with Crippen LogP contribution in [-0.4, -0.2) is 16.8 Å². The van der Waals surface area contributed by atoms with Crippen LogP contribution < -0.4 is 5.73 Å². The molecule has 2 aromatic rings. The molecule has 0 aliphatic carbocycles. The summed E-state index contributed by atoms with van der Waals surface area (Å²) >= 11 is 1.52. The lowest BCUT2D eigenvalue weighted by Gasteiger charge is -2.11. The largest absolute Gasteiger partial charge is 0.321 e. The molecule has 4 heteroatoms. The van der Waals surface area contributed by atoms with Crippen molar-refractivity contribution in [2.75, 3.05) is 0 Å². The number of nitrogens with zero attached hydrogens (tertiary/aromatic N) is 1. The summed E-state index contributed by atoms with van der Waals surface area (Å²) in [4.78, 5) is 16.6. The van der Waals surface area contributed by atoms with Gasteiger partial charge < -0.3 is 5.73 Å². The quantitative estimate of drug-likeness (QED) is 0.887. The fourth-order valence-corrected chi connectivity index (χ4v) is 2.87. The maximum atomic E-state index is 12.0. The summed E-state index contributed by atoms with van der Waals surface area (Å²) in [6.45, 7) is 4.15. The molecular formula is C16H20N2OS. The van der Waals surface area contributed by atoms with Gasteiger partial charge >= 0.3 is 0 Å². The normalized spacial score (nSPS) is 12.6. The van der Waals surface area contributed by atoms with Crippen LogP contribution in [0.2, 0.25) is 0 Å². The van der Waals surface area contributed by atoms with Crippen molar-refractivity contribution in [2.24, 2.45) is 11.7 Å². The van der Waals surface area contributed by atoms with E-state index < -0.39 is 0 Å². The van der Waals surface area contributed by atoms with Crippen LogP contribution in [0.3, 0.4) is 0 Å². The van der Waals surface area contributed by atoms with Crippen LogP contribution in [0.4, 0.5) is 0 Å². The Morgan fingerprint density at radius 1 is 1.30 bits per heavy atom. The summed E-state index contributed by atoms with van der Waals surface area (Å²) in [5.41, 5.74) is 7.92. The van der Waals surface area contributed by atoms with Crippen molar-refractivity contribution < 1.29 is 4.79 Å². The van der Waals surface area contributed by atoms with Crippen molar-refractivity contribution >= 4 is 17.1 Å². The number of carbonyl (C=O) groups excluding carboxylic acids is 1. The van der Waals surface area contributed by atoms with Crippen LogP contribution >= 0.6 is 11.3 Å². The minimum absolute atomic E-state index is 0.0765. The number of carbonyl (C=O) groups is 1. The van der Waals surface area contributed by atoms with Crippen LogP contribution in [0.15, 0.2) is 35.7 Å². The van der Waals surface area contributed by atoms with Crippen molar-refractivity contribution in [3.8, 4) is 11.3 Å². The molecule has 0 aliphatic heterocycles. The maximum Gasteiger partial charge on any atom is 0.156 e. The van der Waals surface area contributed by atoms with E-state index in [1.807, 2.05) is 35.7 Å². The first-order valence-corrected chi connectivity index (χ1v) is 7.72. The highest BCUT2D eigenvalue weighted by molar-refractivity contribution is 7.10. The van der Waals surface area contributed by atoms with Crippen molar-refractivity contribution in [3.63, 3.8) is 0 Å². The Morgan fingerprint density at radius 2 is 2.00 bits per heavy atom. The molecule has 0 bridgehead atoms. The molecule has 1 aromatic heterocycles. The highest BCUT2D eigenvalue weighted by Gasteiger charge is 2.17. The Labute approximate surface area is 123 Å². The smallest absolute Gasteiger partial charge is 0.156 e. The van der Waals surface area contributed by atoms with E-state index in [9.17, 15) is 4.79 Å². The zero-order valence-electron chi connectivity index (χ0n) is 11.9. The number of hydrogen-bond donors (Lipinski definition) is 1. The predicted molar refractivity (Wildman–Crippen MR) is 83.7 cm³/mol. The van der Waals surface area contributed by atoms with Gasteiger partial charge in [-0.2, -0.15) is 0 Å². The van der Waals surface area contributed by atoms with E-state index in [0.29, 0.717) is 12.3 Å². The van der Waals surface area contributed by atoms with E-state index in [2.05, 4.69) is 18.8 Å². The molecule has 1 atom stereocenters. The molecule has 0 spiro atoms. The minimum atomic E-state index is -0.376. The molecular weight excluding hydrogens is 268 g/mol. The van der Waals surface area contributed by atoms with Gasteiger partial charge in [0.1, 0.15) is 5.01 Å². The highest BCUT2D eigenvalue weighted by atomic mass is 32.1. The molecule has 1 aromatic carbocycles. The van der Waals surface area contributed by atoms with Crippen LogP contribution in [0.1, 0.15) is 25.3 Å². The molecule has 2 N–H and O–H groups in total. The molecule has 0 saturated heterocycles. The van der Waals surface area contributed by atoms with E-state index >= 15 is 0 Å². The van der Waals surface area contributed by atoms with Crippen LogP contribution in [0.5, 0.6) is 0 Å². The second-order valence-electron chi connectivity index (χ2n) is 5.37. The van der Waals surface area contributed by atoms with Gasteiger partial charge in [-0.1, -0.05) is 44.2 Å². The number of benzene rings is 1. The molecule has 2 rings (SSSR count). The Bertz CT molecular complexity index is 563. The molecule has 106 valence electrons. The van der Waals surface area contributed by atoms with E-state index in [4.69, 9.17) is 5.73 Å². The van der Waals surface area contributed by atoms with Crippen LogP contribution in [0.25, 0.3) is 11.3 Å². The number of Topliss-reactive ketones (excluding diaryl/α,β-unsaturated/α-hetero) is 1. The summed E-state index contributed by atoms with van der Waals surface area (Å²) in [5.74, 6) is 0.512. The zero-order chi connectivity index (χ0) is 14.5. The Balaban J connectivity index is 2.01. The second kappa shape index (κ2) is 6.77. The third kappa shape index (κ3) is 3.99. The maximum absolute atomic E-state index is 12.0. The van der Waals surface area contributed by atoms with Gasteiger partial charge in [0.2, 0.25) is 0 Å². The Hall–Kier alpha value is -1.52. The van der Waals surface area contributed by atoms with Gasteiger partial charge in [-0.25, -0.2) is 4.98 Å². The molecule has 1 heterocycles. The summed E-state index contributed by atoms with van der Waals surface area (Å²) in [6, 6.07) is 9.61. The number of thiazole rings is 1. The lowest BCUT2D eigenvalue weighted by Crippen LogP contribution is -2.33. The van der Waals surface area contributed by atoms with Gasteiger partial charge in [-0.3, -0.25) is 4.79 Å². The Morgan fingerprint density at radius 3 is 2.65 bits per heavy atom. The zero-order valence-corrected chi connectivity index (χ0v) is 12.7. The molecule has 0 unspecified atom stereocenters. The first-order chi connectivity index (χ1) is 9.56. The van der Waals surface area contributed by atoms with Gasteiger partial charge in [-0.05, 0) is 12.3 Å². The van der Waals surface area contributed by atoms with Crippen LogP contribution in [-0.2, 0) is 11.2 Å². The van der Waals surface area contributed by atoms with Gasteiger partial charge in [-0.15, -0.1) is 11.3 Å². The van der Waals surface area contributed by atoms with E-state index in [1.54, 1.807) is 0 Å². The van der Waals surface area contributed by atoms with Crippen LogP contribution in [0, 0.1) is 5.92 Å². The summed E-state index contributed by atoms with van der Waals surface area (Å²) in [7, 11) is 0. The van der Waals surface area contributed by atoms with Crippen molar-refractivity contribution in [1.29, 1.82) is 0 Å². The lowest BCUT2D eigenvalue weighted by atomic mass is 10.00. The van der Waals surface area contributed by atoms with Gasteiger partial charge in [0.05, 0.1) is 18.2 Å². The van der Waals surface area contributed by atoms with Crippen molar-refractivity contribution in [3.05, 3.63) is 40.7 Å². The summed E-state index contributed by atoms with van der Waals surface area (Å²) in [6.07, 6.45) is 1.07.